The van der Waals surface area contributed by atoms with Gasteiger partial charge in [-0.15, -0.1) is 0 Å². The lowest BCUT2D eigenvalue weighted by Crippen LogP contribution is -2.65. The van der Waals surface area contributed by atoms with Gasteiger partial charge in [-0.25, -0.2) is 0 Å². The molecule has 0 bridgehead atoms. The van der Waals surface area contributed by atoms with Crippen LogP contribution in [-0.2, 0) is 30.0 Å². The van der Waals surface area contributed by atoms with Crippen LogP contribution in [0.3, 0.4) is 0 Å². The summed E-state index contributed by atoms with van der Waals surface area (Å²) < 4.78 is 5.60. The molecule has 7 N–H and O–H groups in total. The zero-order valence-electron chi connectivity index (χ0n) is 18.0. The Morgan fingerprint density at radius 2 is 1.56 bits per heavy atom. The average molecular weight is 449 g/mol. The van der Waals surface area contributed by atoms with E-state index >= 15 is 0 Å². The Bertz CT molecular complexity index is 884. The van der Waals surface area contributed by atoms with Gasteiger partial charge in [0.05, 0.1) is 12.7 Å². The molecule has 8 heteroatoms. The molecule has 1 heterocycles. The Morgan fingerprint density at radius 3 is 2.16 bits per heavy atom. The van der Waals surface area contributed by atoms with Crippen molar-refractivity contribution < 1.29 is 40.5 Å². The van der Waals surface area contributed by atoms with Crippen molar-refractivity contribution in [3.05, 3.63) is 70.3 Å². The van der Waals surface area contributed by atoms with E-state index in [1.807, 2.05) is 24.3 Å². The molecule has 1 fully saturated rings. The average Bonchev–Trinajstić information content (AvgIpc) is 2.79. The van der Waals surface area contributed by atoms with Crippen molar-refractivity contribution in [2.24, 2.45) is 0 Å². The number of hydrogen-bond donors (Lipinski definition) is 7. The summed E-state index contributed by atoms with van der Waals surface area (Å²) in [6.07, 6.45) is -6.02. The van der Waals surface area contributed by atoms with Crippen LogP contribution in [0.2, 0.25) is 0 Å². The minimum atomic E-state index is -2.41. The zero-order valence-corrected chi connectivity index (χ0v) is 18.0. The number of hydrogen-bond acceptors (Lipinski definition) is 8. The molecule has 3 rings (SSSR count). The van der Waals surface area contributed by atoms with E-state index in [1.165, 1.54) is 13.0 Å². The van der Waals surface area contributed by atoms with Gasteiger partial charge in [-0.3, -0.25) is 0 Å². The van der Waals surface area contributed by atoms with Gasteiger partial charge in [0.2, 0.25) is 5.79 Å². The minimum absolute atomic E-state index is 0.122. The highest BCUT2D eigenvalue weighted by Gasteiger charge is 2.55. The maximum absolute atomic E-state index is 11.4. The topological polar surface area (TPSA) is 151 Å². The molecule has 0 saturated carbocycles. The van der Waals surface area contributed by atoms with Crippen LogP contribution in [0.15, 0.2) is 42.5 Å². The number of aryl methyl sites for hydroxylation is 1. The lowest BCUT2D eigenvalue weighted by atomic mass is 9.83. The molecule has 32 heavy (non-hydrogen) atoms. The van der Waals surface area contributed by atoms with E-state index in [-0.39, 0.29) is 18.8 Å². The van der Waals surface area contributed by atoms with Gasteiger partial charge in [-0.1, -0.05) is 36.4 Å². The predicted octanol–water partition coefficient (Wildman–Crippen LogP) is -0.298. The second kappa shape index (κ2) is 10.4. The van der Waals surface area contributed by atoms with Gasteiger partial charge in [0.1, 0.15) is 24.4 Å². The third-order valence-corrected chi connectivity index (χ3v) is 5.99. The van der Waals surface area contributed by atoms with E-state index in [9.17, 15) is 30.6 Å². The van der Waals surface area contributed by atoms with Crippen LogP contribution in [0.1, 0.15) is 41.2 Å². The van der Waals surface area contributed by atoms with E-state index in [0.29, 0.717) is 24.0 Å². The molecule has 1 saturated heterocycles. The van der Waals surface area contributed by atoms with Crippen molar-refractivity contribution in [1.82, 2.24) is 0 Å². The molecule has 176 valence electrons. The molecular formula is C24H32O8. The van der Waals surface area contributed by atoms with Crippen LogP contribution in [0.5, 0.6) is 0 Å². The largest absolute Gasteiger partial charge is 0.396 e. The fourth-order valence-corrected chi connectivity index (χ4v) is 4.10. The van der Waals surface area contributed by atoms with Crippen LogP contribution in [0.4, 0.5) is 0 Å². The van der Waals surface area contributed by atoms with Crippen LogP contribution in [-0.4, -0.2) is 72.9 Å². The van der Waals surface area contributed by atoms with Crippen molar-refractivity contribution in [1.29, 1.82) is 0 Å². The lowest BCUT2D eigenvalue weighted by molar-refractivity contribution is -0.364. The second-order valence-electron chi connectivity index (χ2n) is 8.42. The molecule has 8 nitrogen and oxygen atoms in total. The first kappa shape index (κ1) is 24.8. The molecule has 2 aromatic carbocycles. The van der Waals surface area contributed by atoms with E-state index in [1.54, 1.807) is 12.1 Å². The summed E-state index contributed by atoms with van der Waals surface area (Å²) in [6.45, 7) is 1.16. The summed E-state index contributed by atoms with van der Waals surface area (Å²) in [7, 11) is 0. The molecule has 0 aromatic heterocycles. The molecule has 1 aliphatic rings. The van der Waals surface area contributed by atoms with Crippen LogP contribution < -0.4 is 0 Å². The molecule has 0 unspecified atom stereocenters. The van der Waals surface area contributed by atoms with Crippen LogP contribution >= 0.6 is 0 Å². The third kappa shape index (κ3) is 5.03. The van der Waals surface area contributed by atoms with Crippen molar-refractivity contribution in [2.75, 3.05) is 6.61 Å². The van der Waals surface area contributed by atoms with Gasteiger partial charge < -0.3 is 40.5 Å². The lowest BCUT2D eigenvalue weighted by Gasteiger charge is -2.47. The molecule has 1 aliphatic heterocycles. The second-order valence-corrected chi connectivity index (χ2v) is 8.42. The standard InChI is InChI=1S/C24H32O8/c1-14(27)22-20(28)21(29)23(30)24(31,32-22)19-12-17(13-26)8-9-18(19)11-16-6-4-15(5-7-16)3-2-10-25/h4-9,12,14,20-23,25-31H,2-3,10-11,13H2,1H3/t14-,20-,21-,22+,23+,24+/m0/s1. The van der Waals surface area contributed by atoms with Crippen molar-refractivity contribution in [2.45, 2.75) is 69.1 Å². The van der Waals surface area contributed by atoms with E-state index in [2.05, 4.69) is 0 Å². The molecule has 6 atom stereocenters. The van der Waals surface area contributed by atoms with Gasteiger partial charge in [-0.05, 0) is 54.5 Å². The Morgan fingerprint density at radius 1 is 0.938 bits per heavy atom. The minimum Gasteiger partial charge on any atom is -0.396 e. The highest BCUT2D eigenvalue weighted by atomic mass is 16.7. The number of rotatable bonds is 8. The molecule has 0 spiro atoms. The maximum Gasteiger partial charge on any atom is 0.222 e. The predicted molar refractivity (Wildman–Crippen MR) is 115 cm³/mol. The molecule has 0 aliphatic carbocycles. The monoisotopic (exact) mass is 448 g/mol. The zero-order chi connectivity index (χ0) is 23.5. The van der Waals surface area contributed by atoms with Gasteiger partial charge >= 0.3 is 0 Å². The summed E-state index contributed by atoms with van der Waals surface area (Å²) in [5.41, 5.74) is 3.18. The highest BCUT2D eigenvalue weighted by molar-refractivity contribution is 5.40. The summed E-state index contributed by atoms with van der Waals surface area (Å²) in [4.78, 5) is 0. The molecule has 0 amide bonds. The number of ether oxygens (including phenoxy) is 1. The van der Waals surface area contributed by atoms with Gasteiger partial charge in [-0.2, -0.15) is 0 Å². The summed E-state index contributed by atoms with van der Waals surface area (Å²) in [5.74, 6) is -2.41. The maximum atomic E-state index is 11.4. The number of benzene rings is 2. The van der Waals surface area contributed by atoms with Crippen molar-refractivity contribution in [3.63, 3.8) is 0 Å². The molecular weight excluding hydrogens is 416 g/mol. The Labute approximate surface area is 187 Å². The van der Waals surface area contributed by atoms with Gasteiger partial charge in [0.15, 0.2) is 0 Å². The molecule has 0 radical (unpaired) electrons. The first-order chi connectivity index (χ1) is 15.2. The van der Waals surface area contributed by atoms with Gasteiger partial charge in [0, 0.05) is 12.2 Å². The Balaban J connectivity index is 1.98. The van der Waals surface area contributed by atoms with E-state index < -0.39 is 36.3 Å². The van der Waals surface area contributed by atoms with Crippen LogP contribution in [0, 0.1) is 0 Å². The first-order valence-corrected chi connectivity index (χ1v) is 10.8. The Hall–Kier alpha value is -1.88. The van der Waals surface area contributed by atoms with Crippen molar-refractivity contribution in [3.8, 4) is 0 Å². The summed E-state index contributed by atoms with van der Waals surface area (Å²) in [6, 6.07) is 12.6. The number of aliphatic hydroxyl groups is 7. The smallest absolute Gasteiger partial charge is 0.222 e. The fraction of sp³-hybridized carbons (Fsp3) is 0.500. The van der Waals surface area contributed by atoms with E-state index in [0.717, 1.165) is 17.5 Å². The highest BCUT2D eigenvalue weighted by Crippen LogP contribution is 2.39. The quantitative estimate of drug-likeness (QED) is 0.291. The SMILES string of the molecule is C[C@H](O)[C@H]1O[C@](O)(c2cc(CO)ccc2Cc2ccc(CCCO)cc2)[C@H](O)[C@@H](O)[C@@H]1O. The first-order valence-electron chi connectivity index (χ1n) is 10.8. The normalized spacial score (nSPS) is 29.1. The summed E-state index contributed by atoms with van der Waals surface area (Å²) >= 11 is 0. The van der Waals surface area contributed by atoms with E-state index in [4.69, 9.17) is 9.84 Å². The van der Waals surface area contributed by atoms with Crippen LogP contribution in [0.25, 0.3) is 0 Å². The summed E-state index contributed by atoms with van der Waals surface area (Å²) in [5, 5.41) is 71.1. The Kier molecular flexibility index (Phi) is 8.02. The third-order valence-electron chi connectivity index (χ3n) is 5.99. The number of aliphatic hydroxyl groups excluding tert-OH is 6. The van der Waals surface area contributed by atoms with Gasteiger partial charge in [0.25, 0.3) is 0 Å². The fourth-order valence-electron chi connectivity index (χ4n) is 4.10. The van der Waals surface area contributed by atoms with Crippen molar-refractivity contribution >= 4 is 0 Å². The molecule has 2 aromatic rings.